The molecule has 0 unspecified atom stereocenters. The summed E-state index contributed by atoms with van der Waals surface area (Å²) in [4.78, 5) is 15.8. The molecular formula is C19H23N3O2. The maximum absolute atomic E-state index is 11.8. The molecule has 0 atom stereocenters. The van der Waals surface area contributed by atoms with Gasteiger partial charge in [0, 0.05) is 24.5 Å². The first-order chi connectivity index (χ1) is 11.8. The molecule has 1 aromatic carbocycles. The van der Waals surface area contributed by atoms with Crippen molar-refractivity contribution in [2.45, 2.75) is 38.0 Å². The van der Waals surface area contributed by atoms with Crippen molar-refractivity contribution in [3.8, 4) is 0 Å². The van der Waals surface area contributed by atoms with Gasteiger partial charge in [-0.15, -0.1) is 0 Å². The van der Waals surface area contributed by atoms with Crippen LogP contribution in [0.4, 0.5) is 4.79 Å². The Morgan fingerprint density at radius 1 is 1.04 bits per heavy atom. The SMILES string of the molecule is O=C(NC1CC(NCCc2ccncc2)C1)OCc1ccccc1. The van der Waals surface area contributed by atoms with Crippen LogP contribution in [0.25, 0.3) is 0 Å². The Balaban J connectivity index is 1.26. The van der Waals surface area contributed by atoms with Gasteiger partial charge in [0.05, 0.1) is 0 Å². The molecule has 1 aliphatic carbocycles. The van der Waals surface area contributed by atoms with E-state index in [1.54, 1.807) is 0 Å². The van der Waals surface area contributed by atoms with Crippen LogP contribution in [-0.4, -0.2) is 29.7 Å². The molecule has 1 amide bonds. The molecule has 0 radical (unpaired) electrons. The topological polar surface area (TPSA) is 63.2 Å². The van der Waals surface area contributed by atoms with Crippen LogP contribution in [-0.2, 0) is 17.8 Å². The number of carbonyl (C=O) groups is 1. The molecule has 1 aliphatic rings. The third-order valence-electron chi connectivity index (χ3n) is 4.27. The van der Waals surface area contributed by atoms with Crippen molar-refractivity contribution in [2.75, 3.05) is 6.54 Å². The lowest BCUT2D eigenvalue weighted by atomic mass is 9.87. The predicted molar refractivity (Wildman–Crippen MR) is 92.5 cm³/mol. The summed E-state index contributed by atoms with van der Waals surface area (Å²) in [6.07, 6.45) is 6.21. The zero-order valence-corrected chi connectivity index (χ0v) is 13.7. The van der Waals surface area contributed by atoms with E-state index in [1.165, 1.54) is 5.56 Å². The largest absolute Gasteiger partial charge is 0.445 e. The van der Waals surface area contributed by atoms with Gasteiger partial charge >= 0.3 is 6.09 Å². The first-order valence-electron chi connectivity index (χ1n) is 8.39. The minimum absolute atomic E-state index is 0.215. The Hall–Kier alpha value is -2.40. The lowest BCUT2D eigenvalue weighted by molar-refractivity contribution is 0.125. The van der Waals surface area contributed by atoms with Crippen molar-refractivity contribution in [1.29, 1.82) is 0 Å². The fraction of sp³-hybridized carbons (Fsp3) is 0.368. The molecule has 126 valence electrons. The van der Waals surface area contributed by atoms with Crippen LogP contribution in [0.2, 0.25) is 0 Å². The van der Waals surface area contributed by atoms with Crippen LogP contribution in [0.3, 0.4) is 0 Å². The minimum atomic E-state index is -0.334. The number of hydrogen-bond acceptors (Lipinski definition) is 4. The number of ether oxygens (including phenoxy) is 1. The van der Waals surface area contributed by atoms with E-state index in [9.17, 15) is 4.79 Å². The number of rotatable bonds is 7. The van der Waals surface area contributed by atoms with Crippen molar-refractivity contribution in [3.05, 3.63) is 66.0 Å². The summed E-state index contributed by atoms with van der Waals surface area (Å²) in [5.41, 5.74) is 2.29. The molecule has 0 spiro atoms. The Labute approximate surface area is 142 Å². The van der Waals surface area contributed by atoms with Crippen LogP contribution < -0.4 is 10.6 Å². The fourth-order valence-electron chi connectivity index (χ4n) is 2.80. The third kappa shape index (κ3) is 5.06. The van der Waals surface area contributed by atoms with Gasteiger partial charge in [0.1, 0.15) is 6.61 Å². The number of nitrogens with one attached hydrogen (secondary N) is 2. The molecule has 1 fully saturated rings. The van der Waals surface area contributed by atoms with E-state index < -0.39 is 0 Å². The van der Waals surface area contributed by atoms with Crippen LogP contribution in [0, 0.1) is 0 Å². The Morgan fingerprint density at radius 3 is 2.54 bits per heavy atom. The first kappa shape index (κ1) is 16.5. The van der Waals surface area contributed by atoms with Gasteiger partial charge in [-0.1, -0.05) is 30.3 Å². The van der Waals surface area contributed by atoms with E-state index in [4.69, 9.17) is 4.74 Å². The molecule has 5 heteroatoms. The highest BCUT2D eigenvalue weighted by Crippen LogP contribution is 2.20. The van der Waals surface area contributed by atoms with Crippen LogP contribution in [0.1, 0.15) is 24.0 Å². The molecule has 0 aliphatic heterocycles. The Morgan fingerprint density at radius 2 is 1.79 bits per heavy atom. The summed E-state index contributed by atoms with van der Waals surface area (Å²) in [6.45, 7) is 1.26. The summed E-state index contributed by atoms with van der Waals surface area (Å²) < 4.78 is 5.23. The number of amides is 1. The van der Waals surface area contributed by atoms with Crippen molar-refractivity contribution in [1.82, 2.24) is 15.6 Å². The molecular weight excluding hydrogens is 302 g/mol. The molecule has 2 aromatic rings. The molecule has 1 heterocycles. The van der Waals surface area contributed by atoms with Gasteiger partial charge in [-0.25, -0.2) is 4.79 Å². The molecule has 5 nitrogen and oxygen atoms in total. The first-order valence-corrected chi connectivity index (χ1v) is 8.39. The highest BCUT2D eigenvalue weighted by molar-refractivity contribution is 5.67. The lowest BCUT2D eigenvalue weighted by Gasteiger charge is -2.36. The van der Waals surface area contributed by atoms with E-state index in [-0.39, 0.29) is 12.1 Å². The van der Waals surface area contributed by atoms with Gasteiger partial charge in [0.15, 0.2) is 0 Å². The summed E-state index contributed by atoms with van der Waals surface area (Å²) >= 11 is 0. The van der Waals surface area contributed by atoms with Gasteiger partial charge in [0.2, 0.25) is 0 Å². The fourth-order valence-corrected chi connectivity index (χ4v) is 2.80. The Bertz CT molecular complexity index is 628. The molecule has 24 heavy (non-hydrogen) atoms. The minimum Gasteiger partial charge on any atom is -0.445 e. The van der Waals surface area contributed by atoms with Crippen molar-refractivity contribution in [2.24, 2.45) is 0 Å². The van der Waals surface area contributed by atoms with E-state index in [2.05, 4.69) is 15.6 Å². The summed E-state index contributed by atoms with van der Waals surface area (Å²) in [5.74, 6) is 0. The lowest BCUT2D eigenvalue weighted by Crippen LogP contribution is -2.52. The van der Waals surface area contributed by atoms with Gasteiger partial charge in [-0.3, -0.25) is 4.98 Å². The molecule has 1 saturated carbocycles. The number of nitrogens with zero attached hydrogens (tertiary/aromatic N) is 1. The highest BCUT2D eigenvalue weighted by atomic mass is 16.5. The quantitative estimate of drug-likeness (QED) is 0.821. The highest BCUT2D eigenvalue weighted by Gasteiger charge is 2.30. The van der Waals surface area contributed by atoms with Crippen molar-refractivity contribution >= 4 is 6.09 Å². The number of alkyl carbamates (subject to hydrolysis) is 1. The molecule has 3 rings (SSSR count). The van der Waals surface area contributed by atoms with Gasteiger partial charge in [0.25, 0.3) is 0 Å². The maximum Gasteiger partial charge on any atom is 0.407 e. The van der Waals surface area contributed by atoms with Crippen LogP contribution >= 0.6 is 0 Å². The average Bonchev–Trinajstić information content (AvgIpc) is 2.59. The van der Waals surface area contributed by atoms with Crippen molar-refractivity contribution < 1.29 is 9.53 Å². The van der Waals surface area contributed by atoms with E-state index in [0.717, 1.165) is 31.4 Å². The second-order valence-electron chi connectivity index (χ2n) is 6.13. The van der Waals surface area contributed by atoms with E-state index in [0.29, 0.717) is 12.6 Å². The zero-order chi connectivity index (χ0) is 16.6. The van der Waals surface area contributed by atoms with Gasteiger partial charge in [-0.2, -0.15) is 0 Å². The number of carbonyl (C=O) groups excluding carboxylic acids is 1. The predicted octanol–water partition coefficient (Wildman–Crippen LogP) is 2.67. The second kappa shape index (κ2) is 8.45. The standard InChI is InChI=1S/C19H23N3O2/c23-19(24-14-16-4-2-1-3-5-16)22-18-12-17(13-18)21-11-8-15-6-9-20-10-7-15/h1-7,9-10,17-18,21H,8,11-14H2,(H,22,23). The number of aromatic nitrogens is 1. The Kier molecular flexibility index (Phi) is 5.80. The van der Waals surface area contributed by atoms with Crippen LogP contribution in [0.5, 0.6) is 0 Å². The van der Waals surface area contributed by atoms with E-state index >= 15 is 0 Å². The molecule has 0 saturated heterocycles. The summed E-state index contributed by atoms with van der Waals surface area (Å²) in [7, 11) is 0. The zero-order valence-electron chi connectivity index (χ0n) is 13.7. The number of hydrogen-bond donors (Lipinski definition) is 2. The third-order valence-corrected chi connectivity index (χ3v) is 4.27. The van der Waals surface area contributed by atoms with E-state index in [1.807, 2.05) is 54.9 Å². The van der Waals surface area contributed by atoms with Gasteiger partial charge < -0.3 is 15.4 Å². The molecule has 2 N–H and O–H groups in total. The molecule has 1 aromatic heterocycles. The maximum atomic E-state index is 11.8. The second-order valence-corrected chi connectivity index (χ2v) is 6.13. The monoisotopic (exact) mass is 325 g/mol. The average molecular weight is 325 g/mol. The van der Waals surface area contributed by atoms with Crippen LogP contribution in [0.15, 0.2) is 54.9 Å². The number of pyridine rings is 1. The van der Waals surface area contributed by atoms with Crippen molar-refractivity contribution in [3.63, 3.8) is 0 Å². The number of benzene rings is 1. The molecule has 0 bridgehead atoms. The normalized spacial score (nSPS) is 19.3. The summed E-state index contributed by atoms with van der Waals surface area (Å²) in [6, 6.07) is 14.5. The van der Waals surface area contributed by atoms with Gasteiger partial charge in [-0.05, 0) is 49.1 Å². The summed E-state index contributed by atoms with van der Waals surface area (Å²) in [5, 5.41) is 6.43. The smallest absolute Gasteiger partial charge is 0.407 e.